The molecule has 0 aliphatic carbocycles. The van der Waals surface area contributed by atoms with E-state index in [1.165, 1.54) is 11.9 Å². The molecule has 1 fully saturated rings. The van der Waals surface area contributed by atoms with Gasteiger partial charge in [0, 0.05) is 18.8 Å². The number of esters is 1. The van der Waals surface area contributed by atoms with Crippen molar-refractivity contribution >= 4 is 29.2 Å². The molecule has 1 saturated heterocycles. The molecule has 1 aromatic rings. The average Bonchev–Trinajstić information content (AvgIpc) is 2.92. The van der Waals surface area contributed by atoms with E-state index in [9.17, 15) is 4.79 Å². The summed E-state index contributed by atoms with van der Waals surface area (Å²) in [5, 5.41) is 0. The van der Waals surface area contributed by atoms with E-state index >= 15 is 0 Å². The third kappa shape index (κ3) is 3.12. The highest BCUT2D eigenvalue weighted by molar-refractivity contribution is 7.99. The Hall–Kier alpha value is -1.43. The predicted octanol–water partition coefficient (Wildman–Crippen LogP) is 1.78. The number of carbonyl (C=O) groups is 1. The van der Waals surface area contributed by atoms with Gasteiger partial charge in [-0.25, -0.2) is 9.78 Å². The largest absolute Gasteiger partial charge is 0.462 e. The SMILES string of the molecule is CCOC(=O)c1cc(N(C)C2CCSC2)ncc1N. The van der Waals surface area contributed by atoms with Gasteiger partial charge >= 0.3 is 5.97 Å². The second kappa shape index (κ2) is 6.14. The third-order valence-electron chi connectivity index (χ3n) is 3.23. The summed E-state index contributed by atoms with van der Waals surface area (Å²) in [5.41, 5.74) is 6.54. The van der Waals surface area contributed by atoms with Crippen LogP contribution in [0.15, 0.2) is 12.3 Å². The van der Waals surface area contributed by atoms with Gasteiger partial charge in [0.15, 0.2) is 0 Å². The molecule has 0 amide bonds. The summed E-state index contributed by atoms with van der Waals surface area (Å²) in [4.78, 5) is 18.2. The molecular weight excluding hydrogens is 262 g/mol. The second-order valence-electron chi connectivity index (χ2n) is 4.48. The normalized spacial score (nSPS) is 18.3. The van der Waals surface area contributed by atoms with Crippen LogP contribution < -0.4 is 10.6 Å². The van der Waals surface area contributed by atoms with Gasteiger partial charge in [-0.1, -0.05) is 0 Å². The Morgan fingerprint density at radius 2 is 2.47 bits per heavy atom. The van der Waals surface area contributed by atoms with Crippen LogP contribution in [0.1, 0.15) is 23.7 Å². The Morgan fingerprint density at radius 1 is 1.68 bits per heavy atom. The lowest BCUT2D eigenvalue weighted by molar-refractivity contribution is 0.0527. The van der Waals surface area contributed by atoms with Crippen molar-refractivity contribution in [2.24, 2.45) is 0 Å². The van der Waals surface area contributed by atoms with E-state index in [0.29, 0.717) is 23.9 Å². The molecule has 1 aromatic heterocycles. The van der Waals surface area contributed by atoms with Crippen molar-refractivity contribution < 1.29 is 9.53 Å². The first-order chi connectivity index (χ1) is 9.13. The number of rotatable bonds is 4. The summed E-state index contributed by atoms with van der Waals surface area (Å²) in [6, 6.07) is 2.19. The maximum atomic E-state index is 11.8. The lowest BCUT2D eigenvalue weighted by Gasteiger charge is -2.25. The molecule has 6 heteroatoms. The Bertz CT molecular complexity index is 461. The molecular formula is C13H19N3O2S. The van der Waals surface area contributed by atoms with Crippen molar-refractivity contribution in [2.45, 2.75) is 19.4 Å². The molecule has 2 heterocycles. The van der Waals surface area contributed by atoms with Gasteiger partial charge in [-0.2, -0.15) is 11.8 Å². The minimum atomic E-state index is -0.391. The topological polar surface area (TPSA) is 68.5 Å². The molecule has 0 bridgehead atoms. The maximum absolute atomic E-state index is 11.8. The van der Waals surface area contributed by atoms with Crippen molar-refractivity contribution in [1.29, 1.82) is 0 Å². The van der Waals surface area contributed by atoms with Crippen LogP contribution in [0.25, 0.3) is 0 Å². The van der Waals surface area contributed by atoms with Crippen molar-refractivity contribution in [3.63, 3.8) is 0 Å². The zero-order valence-corrected chi connectivity index (χ0v) is 12.1. The van der Waals surface area contributed by atoms with Crippen molar-refractivity contribution in [1.82, 2.24) is 4.98 Å². The minimum Gasteiger partial charge on any atom is -0.462 e. The van der Waals surface area contributed by atoms with E-state index in [1.54, 1.807) is 13.0 Å². The van der Waals surface area contributed by atoms with Crippen LogP contribution in [0.4, 0.5) is 11.5 Å². The fourth-order valence-corrected chi connectivity index (χ4v) is 3.32. The zero-order valence-electron chi connectivity index (χ0n) is 11.3. The number of nitrogens with two attached hydrogens (primary N) is 1. The Kier molecular flexibility index (Phi) is 4.52. The van der Waals surface area contributed by atoms with Gasteiger partial charge in [0.2, 0.25) is 0 Å². The van der Waals surface area contributed by atoms with Crippen LogP contribution in [0.3, 0.4) is 0 Å². The number of nitrogens with zero attached hydrogens (tertiary/aromatic N) is 2. The Labute approximate surface area is 117 Å². The number of anilines is 2. The van der Waals surface area contributed by atoms with Crippen LogP contribution in [0.5, 0.6) is 0 Å². The highest BCUT2D eigenvalue weighted by Crippen LogP contribution is 2.26. The molecule has 1 aliphatic heterocycles. The van der Waals surface area contributed by atoms with Gasteiger partial charge < -0.3 is 15.4 Å². The molecule has 104 valence electrons. The minimum absolute atomic E-state index is 0.338. The van der Waals surface area contributed by atoms with Gasteiger partial charge in [0.1, 0.15) is 5.82 Å². The summed E-state index contributed by atoms with van der Waals surface area (Å²) in [6.45, 7) is 2.11. The first-order valence-electron chi connectivity index (χ1n) is 6.36. The number of thioether (sulfide) groups is 1. The molecule has 0 radical (unpaired) electrons. The average molecular weight is 281 g/mol. The monoisotopic (exact) mass is 281 g/mol. The summed E-state index contributed by atoms with van der Waals surface area (Å²) >= 11 is 1.94. The predicted molar refractivity (Wildman–Crippen MR) is 78.7 cm³/mol. The molecule has 1 atom stereocenters. The third-order valence-corrected chi connectivity index (χ3v) is 4.38. The van der Waals surface area contributed by atoms with E-state index in [0.717, 1.165) is 18.0 Å². The molecule has 1 unspecified atom stereocenters. The standard InChI is InChI=1S/C13H19N3O2S/c1-3-18-13(17)10-6-12(15-7-11(10)14)16(2)9-4-5-19-8-9/h6-7,9H,3-5,8,14H2,1-2H3. The fraction of sp³-hybridized carbons (Fsp3) is 0.538. The molecule has 19 heavy (non-hydrogen) atoms. The van der Waals surface area contributed by atoms with Gasteiger partial charge in [0.05, 0.1) is 24.1 Å². The van der Waals surface area contributed by atoms with E-state index in [-0.39, 0.29) is 0 Å². The molecule has 0 saturated carbocycles. The van der Waals surface area contributed by atoms with E-state index in [4.69, 9.17) is 10.5 Å². The first-order valence-corrected chi connectivity index (χ1v) is 7.52. The molecule has 0 spiro atoms. The summed E-state index contributed by atoms with van der Waals surface area (Å²) in [6.07, 6.45) is 2.67. The van der Waals surface area contributed by atoms with Crippen molar-refractivity contribution in [3.05, 3.63) is 17.8 Å². The van der Waals surface area contributed by atoms with E-state index < -0.39 is 5.97 Å². The molecule has 2 N–H and O–H groups in total. The number of ether oxygens (including phenoxy) is 1. The first kappa shape index (κ1) is 14.0. The number of pyridine rings is 1. The van der Waals surface area contributed by atoms with Crippen LogP contribution >= 0.6 is 11.8 Å². The Morgan fingerprint density at radius 3 is 3.11 bits per heavy atom. The highest BCUT2D eigenvalue weighted by Gasteiger charge is 2.22. The van der Waals surface area contributed by atoms with Gasteiger partial charge in [-0.05, 0) is 25.2 Å². The number of hydrogen-bond acceptors (Lipinski definition) is 6. The van der Waals surface area contributed by atoms with Gasteiger partial charge in [-0.15, -0.1) is 0 Å². The fourth-order valence-electron chi connectivity index (χ4n) is 2.05. The molecule has 0 aromatic carbocycles. The van der Waals surface area contributed by atoms with Crippen LogP contribution in [0.2, 0.25) is 0 Å². The van der Waals surface area contributed by atoms with Crippen molar-refractivity contribution in [3.8, 4) is 0 Å². The number of carbonyl (C=O) groups excluding carboxylic acids is 1. The summed E-state index contributed by atoms with van der Waals surface area (Å²) < 4.78 is 5.00. The zero-order chi connectivity index (χ0) is 13.8. The lowest BCUT2D eigenvalue weighted by Crippen LogP contribution is -2.32. The van der Waals surface area contributed by atoms with E-state index in [1.807, 2.05) is 18.8 Å². The van der Waals surface area contributed by atoms with Crippen LogP contribution in [-0.4, -0.2) is 42.2 Å². The maximum Gasteiger partial charge on any atom is 0.340 e. The van der Waals surface area contributed by atoms with Crippen LogP contribution in [-0.2, 0) is 4.74 Å². The van der Waals surface area contributed by atoms with Gasteiger partial charge in [-0.3, -0.25) is 0 Å². The van der Waals surface area contributed by atoms with E-state index in [2.05, 4.69) is 9.88 Å². The highest BCUT2D eigenvalue weighted by atomic mass is 32.2. The van der Waals surface area contributed by atoms with Crippen LogP contribution in [0, 0.1) is 0 Å². The molecule has 5 nitrogen and oxygen atoms in total. The summed E-state index contributed by atoms with van der Waals surface area (Å²) in [7, 11) is 2.00. The quantitative estimate of drug-likeness (QED) is 0.849. The number of nitrogen functional groups attached to an aromatic ring is 1. The Balaban J connectivity index is 2.22. The second-order valence-corrected chi connectivity index (χ2v) is 5.63. The molecule has 2 rings (SSSR count). The summed E-state index contributed by atoms with van der Waals surface area (Å²) in [5.74, 6) is 2.65. The van der Waals surface area contributed by atoms with Crippen molar-refractivity contribution in [2.75, 3.05) is 35.8 Å². The van der Waals surface area contributed by atoms with Gasteiger partial charge in [0.25, 0.3) is 0 Å². The lowest BCUT2D eigenvalue weighted by atomic mass is 10.2. The molecule has 1 aliphatic rings. The smallest absolute Gasteiger partial charge is 0.340 e. The number of hydrogen-bond donors (Lipinski definition) is 1. The number of aromatic nitrogens is 1.